The number of hydrogen-bond donors (Lipinski definition) is 1. The second-order valence-electron chi connectivity index (χ2n) is 4.18. The van der Waals surface area contributed by atoms with Gasteiger partial charge in [0.15, 0.2) is 0 Å². The summed E-state index contributed by atoms with van der Waals surface area (Å²) in [5.41, 5.74) is -0.196. The summed E-state index contributed by atoms with van der Waals surface area (Å²) in [6.07, 6.45) is 0. The quantitative estimate of drug-likeness (QED) is 0.804. The number of piperazine rings is 1. The lowest BCUT2D eigenvalue weighted by Crippen LogP contribution is -2.52. The van der Waals surface area contributed by atoms with Crippen LogP contribution < -0.4 is 5.32 Å². The molecule has 92 valence electrons. The van der Waals surface area contributed by atoms with E-state index in [1.807, 2.05) is 6.92 Å². The van der Waals surface area contributed by atoms with Crippen molar-refractivity contribution in [2.24, 2.45) is 0 Å². The molecule has 1 heterocycles. The number of halogens is 2. The number of benzene rings is 1. The summed E-state index contributed by atoms with van der Waals surface area (Å²) >= 11 is 0. The van der Waals surface area contributed by atoms with Gasteiger partial charge in [-0.2, -0.15) is 0 Å². The van der Waals surface area contributed by atoms with Gasteiger partial charge in [-0.1, -0.05) is 0 Å². The zero-order chi connectivity index (χ0) is 12.4. The normalized spacial score (nSPS) is 20.4. The molecule has 0 radical (unpaired) electrons. The van der Waals surface area contributed by atoms with E-state index in [0.29, 0.717) is 19.6 Å². The van der Waals surface area contributed by atoms with Crippen molar-refractivity contribution in [3.63, 3.8) is 0 Å². The SMILES string of the molecule is CC1CNCCN1C(=O)c1cc(F)ccc1F. The maximum absolute atomic E-state index is 13.5. The van der Waals surface area contributed by atoms with Crippen molar-refractivity contribution in [2.45, 2.75) is 13.0 Å². The molecule has 1 fully saturated rings. The number of rotatable bonds is 1. The third kappa shape index (κ3) is 2.44. The Morgan fingerprint density at radius 2 is 2.24 bits per heavy atom. The number of nitrogens with one attached hydrogen (secondary N) is 1. The molecule has 0 bridgehead atoms. The number of amides is 1. The Morgan fingerprint density at radius 3 is 2.94 bits per heavy atom. The van der Waals surface area contributed by atoms with E-state index in [-0.39, 0.29) is 11.6 Å². The summed E-state index contributed by atoms with van der Waals surface area (Å²) in [4.78, 5) is 13.6. The van der Waals surface area contributed by atoms with E-state index < -0.39 is 17.5 Å². The topological polar surface area (TPSA) is 32.3 Å². The van der Waals surface area contributed by atoms with Crippen LogP contribution in [0.4, 0.5) is 8.78 Å². The summed E-state index contributed by atoms with van der Waals surface area (Å²) in [5, 5.41) is 3.14. The lowest BCUT2D eigenvalue weighted by molar-refractivity contribution is 0.0650. The molecular weight excluding hydrogens is 226 g/mol. The number of carbonyl (C=O) groups is 1. The lowest BCUT2D eigenvalue weighted by Gasteiger charge is -2.34. The van der Waals surface area contributed by atoms with Crippen LogP contribution in [-0.4, -0.2) is 36.5 Å². The molecule has 1 aromatic carbocycles. The van der Waals surface area contributed by atoms with Crippen molar-refractivity contribution < 1.29 is 13.6 Å². The predicted molar refractivity (Wildman–Crippen MR) is 59.7 cm³/mol. The van der Waals surface area contributed by atoms with Crippen molar-refractivity contribution in [2.75, 3.05) is 19.6 Å². The fraction of sp³-hybridized carbons (Fsp3) is 0.417. The Morgan fingerprint density at radius 1 is 1.47 bits per heavy atom. The molecule has 1 aliphatic heterocycles. The summed E-state index contributed by atoms with van der Waals surface area (Å²) in [6, 6.07) is 2.92. The number of nitrogens with zero attached hydrogens (tertiary/aromatic N) is 1. The van der Waals surface area contributed by atoms with Crippen molar-refractivity contribution in [3.8, 4) is 0 Å². The minimum absolute atomic E-state index is 0.0149. The second-order valence-corrected chi connectivity index (χ2v) is 4.18. The zero-order valence-electron chi connectivity index (χ0n) is 9.54. The van der Waals surface area contributed by atoms with Crippen LogP contribution in [0.15, 0.2) is 18.2 Å². The van der Waals surface area contributed by atoms with Gasteiger partial charge in [-0.3, -0.25) is 4.79 Å². The first-order chi connectivity index (χ1) is 8.09. The predicted octanol–water partition coefficient (Wildman–Crippen LogP) is 1.40. The van der Waals surface area contributed by atoms with E-state index >= 15 is 0 Å². The van der Waals surface area contributed by atoms with Crippen LogP contribution in [0.5, 0.6) is 0 Å². The number of carbonyl (C=O) groups excluding carboxylic acids is 1. The Hall–Kier alpha value is -1.49. The standard InChI is InChI=1S/C12H14F2N2O/c1-8-7-15-4-5-16(8)12(17)10-6-9(13)2-3-11(10)14/h2-3,6,8,15H,4-5,7H2,1H3. The molecule has 0 saturated carbocycles. The molecule has 1 amide bonds. The van der Waals surface area contributed by atoms with Gasteiger partial charge in [0, 0.05) is 25.7 Å². The monoisotopic (exact) mass is 240 g/mol. The third-order valence-electron chi connectivity index (χ3n) is 2.92. The maximum atomic E-state index is 13.5. The van der Waals surface area contributed by atoms with Crippen LogP contribution >= 0.6 is 0 Å². The van der Waals surface area contributed by atoms with Crippen LogP contribution in [-0.2, 0) is 0 Å². The van der Waals surface area contributed by atoms with E-state index in [2.05, 4.69) is 5.32 Å². The molecule has 1 unspecified atom stereocenters. The molecule has 1 N–H and O–H groups in total. The molecule has 1 atom stereocenters. The highest BCUT2D eigenvalue weighted by Gasteiger charge is 2.26. The number of hydrogen-bond acceptors (Lipinski definition) is 2. The molecule has 1 aliphatic rings. The Labute approximate surface area is 98.4 Å². The van der Waals surface area contributed by atoms with Crippen LogP contribution in [0.25, 0.3) is 0 Å². The third-order valence-corrected chi connectivity index (χ3v) is 2.92. The van der Waals surface area contributed by atoms with E-state index in [9.17, 15) is 13.6 Å². The average Bonchev–Trinajstić information content (AvgIpc) is 2.32. The molecule has 0 aromatic heterocycles. The maximum Gasteiger partial charge on any atom is 0.257 e. The van der Waals surface area contributed by atoms with Crippen LogP contribution in [0.3, 0.4) is 0 Å². The van der Waals surface area contributed by atoms with E-state index in [4.69, 9.17) is 0 Å². The molecule has 0 aliphatic carbocycles. The summed E-state index contributed by atoms with van der Waals surface area (Å²) < 4.78 is 26.5. The lowest BCUT2D eigenvalue weighted by atomic mass is 10.1. The van der Waals surface area contributed by atoms with Gasteiger partial charge in [0.05, 0.1) is 5.56 Å². The first-order valence-corrected chi connectivity index (χ1v) is 5.56. The first-order valence-electron chi connectivity index (χ1n) is 5.56. The minimum atomic E-state index is -0.679. The van der Waals surface area contributed by atoms with Gasteiger partial charge in [0.25, 0.3) is 5.91 Å². The van der Waals surface area contributed by atoms with Crippen molar-refractivity contribution >= 4 is 5.91 Å². The van der Waals surface area contributed by atoms with E-state index in [1.165, 1.54) is 0 Å². The van der Waals surface area contributed by atoms with Gasteiger partial charge in [0.1, 0.15) is 11.6 Å². The van der Waals surface area contributed by atoms with Crippen LogP contribution in [0.2, 0.25) is 0 Å². The first kappa shape index (κ1) is 12.0. The summed E-state index contributed by atoms with van der Waals surface area (Å²) in [6.45, 7) is 3.73. The molecule has 17 heavy (non-hydrogen) atoms. The zero-order valence-corrected chi connectivity index (χ0v) is 9.54. The second kappa shape index (κ2) is 4.79. The highest BCUT2D eigenvalue weighted by Crippen LogP contribution is 2.15. The fourth-order valence-electron chi connectivity index (χ4n) is 1.96. The van der Waals surface area contributed by atoms with Crippen molar-refractivity contribution in [3.05, 3.63) is 35.4 Å². The van der Waals surface area contributed by atoms with Gasteiger partial charge in [0.2, 0.25) is 0 Å². The minimum Gasteiger partial charge on any atom is -0.333 e. The smallest absolute Gasteiger partial charge is 0.257 e. The molecule has 1 saturated heterocycles. The molecule has 3 nitrogen and oxygen atoms in total. The highest BCUT2D eigenvalue weighted by molar-refractivity contribution is 5.94. The van der Waals surface area contributed by atoms with E-state index in [0.717, 1.165) is 18.2 Å². The molecule has 1 aromatic rings. The van der Waals surface area contributed by atoms with Gasteiger partial charge < -0.3 is 10.2 Å². The Kier molecular flexibility index (Phi) is 3.38. The Bertz CT molecular complexity index is 437. The van der Waals surface area contributed by atoms with Gasteiger partial charge in [-0.25, -0.2) is 8.78 Å². The molecule has 5 heteroatoms. The van der Waals surface area contributed by atoms with Crippen molar-refractivity contribution in [1.82, 2.24) is 10.2 Å². The Balaban J connectivity index is 2.26. The van der Waals surface area contributed by atoms with Gasteiger partial charge in [-0.05, 0) is 25.1 Å². The van der Waals surface area contributed by atoms with E-state index in [1.54, 1.807) is 4.90 Å². The molecule has 0 spiro atoms. The van der Waals surface area contributed by atoms with Gasteiger partial charge >= 0.3 is 0 Å². The average molecular weight is 240 g/mol. The highest BCUT2D eigenvalue weighted by atomic mass is 19.1. The largest absolute Gasteiger partial charge is 0.333 e. The molecule has 2 rings (SSSR count). The van der Waals surface area contributed by atoms with Crippen LogP contribution in [0.1, 0.15) is 17.3 Å². The fourth-order valence-corrected chi connectivity index (χ4v) is 1.96. The van der Waals surface area contributed by atoms with Crippen molar-refractivity contribution in [1.29, 1.82) is 0 Å². The summed E-state index contributed by atoms with van der Waals surface area (Å²) in [5.74, 6) is -1.73. The molecular formula is C12H14F2N2O. The van der Waals surface area contributed by atoms with Crippen LogP contribution in [0, 0.1) is 11.6 Å². The summed E-state index contributed by atoms with van der Waals surface area (Å²) in [7, 11) is 0. The van der Waals surface area contributed by atoms with Gasteiger partial charge in [-0.15, -0.1) is 0 Å².